The first-order valence-corrected chi connectivity index (χ1v) is 12.7. The number of furan rings is 1. The van der Waals surface area contributed by atoms with Crippen molar-refractivity contribution in [3.63, 3.8) is 0 Å². The molecule has 9 heteroatoms. The third-order valence-electron chi connectivity index (χ3n) is 6.45. The van der Waals surface area contributed by atoms with Gasteiger partial charge in [-0.2, -0.15) is 4.31 Å². The van der Waals surface area contributed by atoms with Gasteiger partial charge in [0.15, 0.2) is 0 Å². The minimum Gasteiger partial charge on any atom is -0.447 e. The molecule has 1 aromatic heterocycles. The van der Waals surface area contributed by atoms with Gasteiger partial charge in [0.25, 0.3) is 10.0 Å². The van der Waals surface area contributed by atoms with E-state index in [1.54, 1.807) is 6.07 Å². The Morgan fingerprint density at radius 3 is 2.56 bits per heavy atom. The topological polar surface area (TPSA) is 104 Å². The SMILES string of the molecule is Cc1ccc(C(C)NC(=O)C2CCN(S(=O)(=O)c3ccc(C4CCNN4)o3)CC2)c(C)c1. The second-order valence-corrected chi connectivity index (χ2v) is 10.7. The Hall–Kier alpha value is -2.20. The van der Waals surface area contributed by atoms with E-state index in [0.29, 0.717) is 31.7 Å². The molecule has 2 fully saturated rings. The molecule has 0 saturated carbocycles. The average molecular weight is 461 g/mol. The number of sulfonamides is 1. The molecule has 32 heavy (non-hydrogen) atoms. The molecule has 0 radical (unpaired) electrons. The number of carbonyl (C=O) groups excluding carboxylic acids is 1. The molecule has 0 spiro atoms. The Labute approximate surface area is 189 Å². The summed E-state index contributed by atoms with van der Waals surface area (Å²) in [6.07, 6.45) is 1.83. The van der Waals surface area contributed by atoms with Crippen LogP contribution in [0.2, 0.25) is 0 Å². The molecule has 1 aromatic carbocycles. The molecule has 2 atom stereocenters. The second kappa shape index (κ2) is 9.35. The zero-order chi connectivity index (χ0) is 22.9. The first-order chi connectivity index (χ1) is 15.3. The fourth-order valence-corrected chi connectivity index (χ4v) is 5.95. The molecule has 174 valence electrons. The number of benzene rings is 1. The molecule has 0 aliphatic carbocycles. The number of amides is 1. The highest BCUT2D eigenvalue weighted by atomic mass is 32.2. The van der Waals surface area contributed by atoms with Crippen LogP contribution in [0, 0.1) is 19.8 Å². The fraction of sp³-hybridized carbons (Fsp3) is 0.522. The normalized spacial score (nSPS) is 21.5. The highest BCUT2D eigenvalue weighted by molar-refractivity contribution is 7.89. The first-order valence-electron chi connectivity index (χ1n) is 11.2. The van der Waals surface area contributed by atoms with Crippen molar-refractivity contribution in [2.75, 3.05) is 19.6 Å². The molecule has 2 saturated heterocycles. The van der Waals surface area contributed by atoms with Crippen LogP contribution >= 0.6 is 0 Å². The van der Waals surface area contributed by atoms with Crippen molar-refractivity contribution in [1.82, 2.24) is 20.5 Å². The smallest absolute Gasteiger partial charge is 0.276 e. The highest BCUT2D eigenvalue weighted by Gasteiger charge is 2.35. The number of nitrogens with one attached hydrogen (secondary N) is 3. The third-order valence-corrected chi connectivity index (χ3v) is 8.22. The van der Waals surface area contributed by atoms with Crippen molar-refractivity contribution in [2.24, 2.45) is 5.92 Å². The molecule has 0 bridgehead atoms. The summed E-state index contributed by atoms with van der Waals surface area (Å²) in [5, 5.41) is 3.07. The number of piperidine rings is 1. The zero-order valence-electron chi connectivity index (χ0n) is 18.8. The quantitative estimate of drug-likeness (QED) is 0.612. The van der Waals surface area contributed by atoms with Crippen LogP contribution in [0.5, 0.6) is 0 Å². The van der Waals surface area contributed by atoms with Crippen molar-refractivity contribution in [3.05, 3.63) is 52.8 Å². The van der Waals surface area contributed by atoms with Crippen molar-refractivity contribution in [1.29, 1.82) is 0 Å². The summed E-state index contributed by atoms with van der Waals surface area (Å²) in [6, 6.07) is 9.34. The maximum atomic E-state index is 13.0. The summed E-state index contributed by atoms with van der Waals surface area (Å²) in [5.41, 5.74) is 9.54. The Bertz CT molecular complexity index is 1070. The number of rotatable bonds is 6. The molecule has 2 unspecified atom stereocenters. The van der Waals surface area contributed by atoms with Crippen molar-refractivity contribution in [3.8, 4) is 0 Å². The maximum absolute atomic E-state index is 13.0. The summed E-state index contributed by atoms with van der Waals surface area (Å²) in [5.74, 6) is 0.397. The predicted molar refractivity (Wildman–Crippen MR) is 121 cm³/mol. The number of aryl methyl sites for hydroxylation is 2. The van der Waals surface area contributed by atoms with E-state index in [2.05, 4.69) is 28.3 Å². The first kappa shape index (κ1) is 23.0. The monoisotopic (exact) mass is 460 g/mol. The summed E-state index contributed by atoms with van der Waals surface area (Å²) in [4.78, 5) is 12.8. The van der Waals surface area contributed by atoms with Gasteiger partial charge in [0.1, 0.15) is 5.76 Å². The van der Waals surface area contributed by atoms with Crippen LogP contribution < -0.4 is 16.2 Å². The van der Waals surface area contributed by atoms with Gasteiger partial charge in [-0.15, -0.1) is 0 Å². The van der Waals surface area contributed by atoms with Gasteiger partial charge in [0.2, 0.25) is 11.0 Å². The van der Waals surface area contributed by atoms with Gasteiger partial charge in [-0.05, 0) is 63.3 Å². The Morgan fingerprint density at radius 1 is 1.16 bits per heavy atom. The lowest BCUT2D eigenvalue weighted by atomic mass is 9.95. The number of nitrogens with zero attached hydrogens (tertiary/aromatic N) is 1. The van der Waals surface area contributed by atoms with Crippen LogP contribution in [0.4, 0.5) is 0 Å². The minimum atomic E-state index is -3.71. The van der Waals surface area contributed by atoms with Gasteiger partial charge in [0, 0.05) is 25.6 Å². The molecule has 1 amide bonds. The number of hydrogen-bond donors (Lipinski definition) is 3. The van der Waals surface area contributed by atoms with Crippen LogP contribution in [0.3, 0.4) is 0 Å². The third kappa shape index (κ3) is 4.76. The van der Waals surface area contributed by atoms with E-state index in [0.717, 1.165) is 24.1 Å². The van der Waals surface area contributed by atoms with Crippen LogP contribution in [0.25, 0.3) is 0 Å². The van der Waals surface area contributed by atoms with Gasteiger partial charge in [-0.25, -0.2) is 13.8 Å². The van der Waals surface area contributed by atoms with E-state index in [4.69, 9.17) is 4.42 Å². The number of carbonyl (C=O) groups is 1. The van der Waals surface area contributed by atoms with E-state index < -0.39 is 10.0 Å². The van der Waals surface area contributed by atoms with Crippen molar-refractivity contribution in [2.45, 2.75) is 57.2 Å². The van der Waals surface area contributed by atoms with Crippen LogP contribution in [-0.4, -0.2) is 38.3 Å². The van der Waals surface area contributed by atoms with E-state index in [9.17, 15) is 13.2 Å². The van der Waals surface area contributed by atoms with E-state index in [1.807, 2.05) is 26.8 Å². The van der Waals surface area contributed by atoms with E-state index >= 15 is 0 Å². The van der Waals surface area contributed by atoms with Gasteiger partial charge in [-0.3, -0.25) is 10.2 Å². The van der Waals surface area contributed by atoms with E-state index in [-0.39, 0.29) is 29.0 Å². The standard InChI is InChI=1S/C23H32N4O4S/c1-15-4-5-19(16(2)14-15)17(3)25-23(28)18-9-12-27(13-10-18)32(29,30)22-7-6-21(31-22)20-8-11-24-26-20/h4-7,14,17-18,20,24,26H,8-13H2,1-3H3,(H,25,28). The summed E-state index contributed by atoms with van der Waals surface area (Å²) >= 11 is 0. The molecule has 2 aliphatic rings. The largest absolute Gasteiger partial charge is 0.447 e. The predicted octanol–water partition coefficient (Wildman–Crippen LogP) is 2.71. The van der Waals surface area contributed by atoms with Gasteiger partial charge in [-0.1, -0.05) is 23.8 Å². The van der Waals surface area contributed by atoms with Gasteiger partial charge in [0.05, 0.1) is 12.1 Å². The summed E-state index contributed by atoms with van der Waals surface area (Å²) in [7, 11) is -3.71. The fourth-order valence-electron chi connectivity index (χ4n) is 4.56. The highest BCUT2D eigenvalue weighted by Crippen LogP contribution is 2.29. The average Bonchev–Trinajstić information content (AvgIpc) is 3.46. The second-order valence-electron chi connectivity index (χ2n) is 8.84. The van der Waals surface area contributed by atoms with Crippen LogP contribution in [-0.2, 0) is 14.8 Å². The Morgan fingerprint density at radius 2 is 1.91 bits per heavy atom. The molecule has 8 nitrogen and oxygen atoms in total. The number of hydrazine groups is 1. The van der Waals surface area contributed by atoms with E-state index in [1.165, 1.54) is 15.9 Å². The lowest BCUT2D eigenvalue weighted by molar-refractivity contribution is -0.126. The minimum absolute atomic E-state index is 0.0189. The number of hydrogen-bond acceptors (Lipinski definition) is 6. The molecule has 2 aliphatic heterocycles. The molecular weight excluding hydrogens is 428 g/mol. The van der Waals surface area contributed by atoms with Crippen LogP contribution in [0.1, 0.15) is 60.7 Å². The molecule has 3 heterocycles. The van der Waals surface area contributed by atoms with Crippen molar-refractivity contribution >= 4 is 15.9 Å². The lowest BCUT2D eigenvalue weighted by Crippen LogP contribution is -2.43. The lowest BCUT2D eigenvalue weighted by Gasteiger charge is -2.30. The van der Waals surface area contributed by atoms with Gasteiger partial charge >= 0.3 is 0 Å². The summed E-state index contributed by atoms with van der Waals surface area (Å²) < 4.78 is 33.1. The maximum Gasteiger partial charge on any atom is 0.276 e. The Balaban J connectivity index is 1.34. The molecular formula is C23H32N4O4S. The van der Waals surface area contributed by atoms with Crippen molar-refractivity contribution < 1.29 is 17.6 Å². The molecule has 3 N–H and O–H groups in total. The summed E-state index contributed by atoms with van der Waals surface area (Å²) in [6.45, 7) is 7.50. The molecule has 2 aromatic rings. The zero-order valence-corrected chi connectivity index (χ0v) is 19.7. The van der Waals surface area contributed by atoms with Crippen LogP contribution in [0.15, 0.2) is 39.8 Å². The Kier molecular flexibility index (Phi) is 6.71. The molecule has 4 rings (SSSR count). The van der Waals surface area contributed by atoms with Gasteiger partial charge < -0.3 is 9.73 Å².